The first kappa shape index (κ1) is 14.5. The lowest BCUT2D eigenvalue weighted by molar-refractivity contribution is -0.123. The summed E-state index contributed by atoms with van der Waals surface area (Å²) in [5.41, 5.74) is 4.84. The molecule has 0 aliphatic heterocycles. The van der Waals surface area contributed by atoms with Crippen molar-refractivity contribution in [2.45, 2.75) is 65.5 Å². The van der Waals surface area contributed by atoms with Gasteiger partial charge in [0.15, 0.2) is 0 Å². The quantitative estimate of drug-likeness (QED) is 0.792. The van der Waals surface area contributed by atoms with E-state index in [1.54, 1.807) is 0 Å². The molecule has 3 atom stereocenters. The van der Waals surface area contributed by atoms with E-state index in [4.69, 9.17) is 5.73 Å². The van der Waals surface area contributed by atoms with E-state index in [0.29, 0.717) is 17.9 Å². The van der Waals surface area contributed by atoms with E-state index in [1.165, 1.54) is 12.8 Å². The molecule has 1 saturated carbocycles. The van der Waals surface area contributed by atoms with Crippen molar-refractivity contribution in [2.24, 2.45) is 23.5 Å². The Labute approximate surface area is 106 Å². The van der Waals surface area contributed by atoms with E-state index in [0.717, 1.165) is 12.3 Å². The topological polar surface area (TPSA) is 55.1 Å². The van der Waals surface area contributed by atoms with E-state index in [1.807, 2.05) is 13.8 Å². The fraction of sp³-hybridized carbons (Fsp3) is 0.929. The van der Waals surface area contributed by atoms with E-state index < -0.39 is 5.54 Å². The van der Waals surface area contributed by atoms with Gasteiger partial charge in [0.1, 0.15) is 0 Å². The van der Waals surface area contributed by atoms with Crippen LogP contribution in [0, 0.1) is 17.8 Å². The third-order valence-corrected chi connectivity index (χ3v) is 4.18. The molecule has 1 rings (SSSR count). The molecule has 0 spiro atoms. The van der Waals surface area contributed by atoms with Crippen LogP contribution in [0.25, 0.3) is 0 Å². The normalized spacial score (nSPS) is 30.6. The molecule has 1 aliphatic rings. The third kappa shape index (κ3) is 3.70. The van der Waals surface area contributed by atoms with Gasteiger partial charge in [-0.15, -0.1) is 0 Å². The maximum absolute atomic E-state index is 11.4. The maximum Gasteiger partial charge on any atom is 0.237 e. The van der Waals surface area contributed by atoms with Crippen molar-refractivity contribution in [2.75, 3.05) is 0 Å². The smallest absolute Gasteiger partial charge is 0.237 e. The molecule has 1 aliphatic carbocycles. The highest BCUT2D eigenvalue weighted by Crippen LogP contribution is 2.34. The second-order valence-electron chi connectivity index (χ2n) is 6.57. The molecule has 17 heavy (non-hydrogen) atoms. The Balaban J connectivity index is 2.73. The lowest BCUT2D eigenvalue weighted by atomic mass is 9.73. The molecule has 1 amide bonds. The molecule has 0 bridgehead atoms. The minimum atomic E-state index is -0.602. The number of hydrogen-bond acceptors (Lipinski definition) is 2. The summed E-state index contributed by atoms with van der Waals surface area (Å²) in [7, 11) is 0. The molecule has 0 aromatic heterocycles. The molecule has 3 heteroatoms. The molecular weight excluding hydrogens is 212 g/mol. The SMILES string of the molecule is CC1CCC(C(C)C)C(NC(C)(C)C(N)=O)C1. The first-order valence-electron chi connectivity index (χ1n) is 6.81. The number of rotatable bonds is 4. The monoisotopic (exact) mass is 240 g/mol. The van der Waals surface area contributed by atoms with E-state index >= 15 is 0 Å². The summed E-state index contributed by atoms with van der Waals surface area (Å²) in [6.07, 6.45) is 3.71. The number of primary amides is 1. The molecule has 3 N–H and O–H groups in total. The predicted molar refractivity (Wildman–Crippen MR) is 71.5 cm³/mol. The number of nitrogens with two attached hydrogens (primary N) is 1. The maximum atomic E-state index is 11.4. The first-order chi connectivity index (χ1) is 7.74. The molecule has 100 valence electrons. The fourth-order valence-electron chi connectivity index (χ4n) is 2.90. The number of amides is 1. The van der Waals surface area contributed by atoms with Crippen LogP contribution in [0.5, 0.6) is 0 Å². The van der Waals surface area contributed by atoms with Gasteiger partial charge in [0.2, 0.25) is 5.91 Å². The Morgan fingerprint density at radius 2 is 1.94 bits per heavy atom. The van der Waals surface area contributed by atoms with Crippen molar-refractivity contribution < 1.29 is 4.79 Å². The van der Waals surface area contributed by atoms with Gasteiger partial charge < -0.3 is 11.1 Å². The second-order valence-corrected chi connectivity index (χ2v) is 6.57. The number of hydrogen-bond donors (Lipinski definition) is 2. The van der Waals surface area contributed by atoms with Crippen LogP contribution < -0.4 is 11.1 Å². The molecule has 3 nitrogen and oxygen atoms in total. The van der Waals surface area contributed by atoms with Crippen LogP contribution >= 0.6 is 0 Å². The molecular formula is C14H28N2O. The van der Waals surface area contributed by atoms with Crippen molar-refractivity contribution in [1.82, 2.24) is 5.32 Å². The number of nitrogens with one attached hydrogen (secondary N) is 1. The summed E-state index contributed by atoms with van der Waals surface area (Å²) in [5.74, 6) is 1.79. The summed E-state index contributed by atoms with van der Waals surface area (Å²) < 4.78 is 0. The number of carbonyl (C=O) groups is 1. The van der Waals surface area contributed by atoms with Gasteiger partial charge in [-0.05, 0) is 44.4 Å². The molecule has 0 aromatic carbocycles. The van der Waals surface area contributed by atoms with E-state index in [2.05, 4.69) is 26.1 Å². The molecule has 0 heterocycles. The van der Waals surface area contributed by atoms with Crippen molar-refractivity contribution >= 4 is 5.91 Å². The largest absolute Gasteiger partial charge is 0.368 e. The Bertz CT molecular complexity index is 273. The van der Waals surface area contributed by atoms with Crippen LogP contribution in [0.15, 0.2) is 0 Å². The van der Waals surface area contributed by atoms with E-state index in [-0.39, 0.29) is 5.91 Å². The van der Waals surface area contributed by atoms with Gasteiger partial charge in [-0.2, -0.15) is 0 Å². The van der Waals surface area contributed by atoms with Gasteiger partial charge in [-0.25, -0.2) is 0 Å². The lowest BCUT2D eigenvalue weighted by Crippen LogP contribution is -2.58. The van der Waals surface area contributed by atoms with Crippen molar-refractivity contribution in [1.29, 1.82) is 0 Å². The summed E-state index contributed by atoms with van der Waals surface area (Å²) in [5, 5.41) is 3.48. The average Bonchev–Trinajstić information content (AvgIpc) is 2.15. The van der Waals surface area contributed by atoms with Crippen LogP contribution in [0.2, 0.25) is 0 Å². The van der Waals surface area contributed by atoms with Crippen molar-refractivity contribution in [3.63, 3.8) is 0 Å². The summed E-state index contributed by atoms with van der Waals surface area (Å²) in [4.78, 5) is 11.4. The van der Waals surface area contributed by atoms with Gasteiger partial charge in [0, 0.05) is 6.04 Å². The standard InChI is InChI=1S/C14H28N2O/c1-9(2)11-7-6-10(3)8-12(11)16-14(4,5)13(15)17/h9-12,16H,6-8H2,1-5H3,(H2,15,17). The molecule has 0 saturated heterocycles. The zero-order valence-electron chi connectivity index (χ0n) is 11.9. The van der Waals surface area contributed by atoms with Gasteiger partial charge in [0.25, 0.3) is 0 Å². The van der Waals surface area contributed by atoms with Crippen LogP contribution in [-0.2, 0) is 4.79 Å². The molecule has 0 aromatic rings. The van der Waals surface area contributed by atoms with Crippen molar-refractivity contribution in [3.05, 3.63) is 0 Å². The lowest BCUT2D eigenvalue weighted by Gasteiger charge is -2.41. The predicted octanol–water partition coefficient (Wildman–Crippen LogP) is 2.30. The highest BCUT2D eigenvalue weighted by molar-refractivity contribution is 5.83. The van der Waals surface area contributed by atoms with Gasteiger partial charge in [-0.3, -0.25) is 4.79 Å². The van der Waals surface area contributed by atoms with Gasteiger partial charge in [-0.1, -0.05) is 27.2 Å². The minimum Gasteiger partial charge on any atom is -0.368 e. The van der Waals surface area contributed by atoms with Gasteiger partial charge >= 0.3 is 0 Å². The van der Waals surface area contributed by atoms with Crippen LogP contribution in [0.4, 0.5) is 0 Å². The third-order valence-electron chi connectivity index (χ3n) is 4.18. The fourth-order valence-corrected chi connectivity index (χ4v) is 2.90. The Morgan fingerprint density at radius 3 is 2.41 bits per heavy atom. The molecule has 0 radical (unpaired) electrons. The highest BCUT2D eigenvalue weighted by atomic mass is 16.1. The second kappa shape index (κ2) is 5.38. The van der Waals surface area contributed by atoms with Crippen molar-refractivity contribution in [3.8, 4) is 0 Å². The zero-order valence-corrected chi connectivity index (χ0v) is 11.9. The highest BCUT2D eigenvalue weighted by Gasteiger charge is 2.36. The number of carbonyl (C=O) groups excluding carboxylic acids is 1. The molecule has 1 fully saturated rings. The summed E-state index contributed by atoms with van der Waals surface area (Å²) >= 11 is 0. The van der Waals surface area contributed by atoms with Crippen LogP contribution in [0.1, 0.15) is 53.9 Å². The Kier molecular flexibility index (Phi) is 4.59. The Hall–Kier alpha value is -0.570. The Morgan fingerprint density at radius 1 is 1.35 bits per heavy atom. The van der Waals surface area contributed by atoms with E-state index in [9.17, 15) is 4.79 Å². The van der Waals surface area contributed by atoms with Crippen LogP contribution in [-0.4, -0.2) is 17.5 Å². The summed E-state index contributed by atoms with van der Waals surface area (Å²) in [6, 6.07) is 0.418. The van der Waals surface area contributed by atoms with Crippen LogP contribution in [0.3, 0.4) is 0 Å². The first-order valence-corrected chi connectivity index (χ1v) is 6.81. The average molecular weight is 240 g/mol. The molecule has 3 unspecified atom stereocenters. The minimum absolute atomic E-state index is 0.266. The zero-order chi connectivity index (χ0) is 13.2. The van der Waals surface area contributed by atoms with Gasteiger partial charge in [0.05, 0.1) is 5.54 Å². The summed E-state index contributed by atoms with van der Waals surface area (Å²) in [6.45, 7) is 10.6.